The minimum atomic E-state index is -0.504. The molecule has 0 radical (unpaired) electrons. The summed E-state index contributed by atoms with van der Waals surface area (Å²) < 4.78 is 19.0. The molecule has 2 saturated heterocycles. The second kappa shape index (κ2) is 11.7. The van der Waals surface area contributed by atoms with Gasteiger partial charge in [0.25, 0.3) is 0 Å². The Bertz CT molecular complexity index is 976. The second-order valence-electron chi connectivity index (χ2n) is 11.6. The third-order valence-electron chi connectivity index (χ3n) is 7.39. The highest BCUT2D eigenvalue weighted by molar-refractivity contribution is 5.68. The van der Waals surface area contributed by atoms with Gasteiger partial charge in [-0.25, -0.2) is 9.18 Å². The van der Waals surface area contributed by atoms with Gasteiger partial charge in [-0.15, -0.1) is 0 Å². The first kappa shape index (κ1) is 26.6. The number of likely N-dealkylation sites (tertiary alicyclic amines) is 2. The van der Waals surface area contributed by atoms with E-state index in [0.717, 1.165) is 26.1 Å². The van der Waals surface area contributed by atoms with Gasteiger partial charge < -0.3 is 19.9 Å². The third-order valence-corrected chi connectivity index (χ3v) is 7.39. The SMILES string of the molecule is C[C@@H](N[C@@H]1CN(C(=O)OC(C)(C)C)C[C@@H]1CN1CCCC(Cc2ccc(F)cc2)C1)c1ccccc1. The summed E-state index contributed by atoms with van der Waals surface area (Å²) in [5, 5.41) is 3.83. The Morgan fingerprint density at radius 1 is 1.08 bits per heavy atom. The Morgan fingerprint density at radius 2 is 1.81 bits per heavy atom. The number of carbonyl (C=O) groups is 1. The first-order chi connectivity index (χ1) is 17.2. The van der Waals surface area contributed by atoms with Crippen LogP contribution in [0.25, 0.3) is 0 Å². The summed E-state index contributed by atoms with van der Waals surface area (Å²) in [6, 6.07) is 17.8. The standard InChI is InChI=1S/C30H42FN3O2/c1-22(25-10-6-5-7-11-25)32-28-21-34(29(35)36-30(2,3)4)20-26(28)19-33-16-8-9-24(18-33)17-23-12-14-27(31)15-13-23/h5-7,10-15,22,24,26,28,32H,8-9,16-21H2,1-4H3/t22-,24?,26+,28-/m1/s1. The van der Waals surface area contributed by atoms with E-state index < -0.39 is 5.60 Å². The van der Waals surface area contributed by atoms with Crippen molar-refractivity contribution >= 4 is 6.09 Å². The number of halogens is 1. The van der Waals surface area contributed by atoms with Crippen LogP contribution in [0.5, 0.6) is 0 Å². The maximum atomic E-state index is 13.3. The first-order valence-corrected chi connectivity index (χ1v) is 13.4. The number of piperidine rings is 1. The van der Waals surface area contributed by atoms with Crippen molar-refractivity contribution in [2.45, 2.75) is 64.6 Å². The summed E-state index contributed by atoms with van der Waals surface area (Å²) >= 11 is 0. The fourth-order valence-corrected chi connectivity index (χ4v) is 5.65. The monoisotopic (exact) mass is 495 g/mol. The Morgan fingerprint density at radius 3 is 2.50 bits per heavy atom. The van der Waals surface area contributed by atoms with Gasteiger partial charge in [0.2, 0.25) is 0 Å². The van der Waals surface area contributed by atoms with Gasteiger partial charge in [0.05, 0.1) is 0 Å². The van der Waals surface area contributed by atoms with Crippen molar-refractivity contribution < 1.29 is 13.9 Å². The van der Waals surface area contributed by atoms with Crippen molar-refractivity contribution in [1.82, 2.24) is 15.1 Å². The molecule has 1 N–H and O–H groups in total. The molecule has 0 spiro atoms. The molecule has 36 heavy (non-hydrogen) atoms. The largest absolute Gasteiger partial charge is 0.444 e. The number of hydrogen-bond acceptors (Lipinski definition) is 4. The average molecular weight is 496 g/mol. The molecule has 2 aromatic carbocycles. The van der Waals surface area contributed by atoms with Gasteiger partial charge in [-0.2, -0.15) is 0 Å². The number of amides is 1. The second-order valence-corrected chi connectivity index (χ2v) is 11.6. The Kier molecular flexibility index (Phi) is 8.68. The fourth-order valence-electron chi connectivity index (χ4n) is 5.65. The van der Waals surface area contributed by atoms with Crippen molar-refractivity contribution in [3.05, 3.63) is 71.5 Å². The van der Waals surface area contributed by atoms with Crippen LogP contribution in [-0.4, -0.2) is 60.3 Å². The van der Waals surface area contributed by atoms with Gasteiger partial charge in [-0.3, -0.25) is 0 Å². The van der Waals surface area contributed by atoms with Crippen LogP contribution in [-0.2, 0) is 11.2 Å². The molecule has 0 aliphatic carbocycles. The van der Waals surface area contributed by atoms with Crippen LogP contribution in [0.2, 0.25) is 0 Å². The normalized spacial score (nSPS) is 24.0. The molecule has 2 aliphatic rings. The molecule has 2 aromatic rings. The van der Waals surface area contributed by atoms with E-state index in [-0.39, 0.29) is 24.0 Å². The number of nitrogens with one attached hydrogen (secondary N) is 1. The summed E-state index contributed by atoms with van der Waals surface area (Å²) in [7, 11) is 0. The predicted octanol–water partition coefficient (Wildman–Crippen LogP) is 5.67. The molecule has 6 heteroatoms. The molecule has 196 valence electrons. The zero-order chi connectivity index (χ0) is 25.7. The summed E-state index contributed by atoms with van der Waals surface area (Å²) in [4.78, 5) is 17.4. The van der Waals surface area contributed by atoms with E-state index >= 15 is 0 Å². The average Bonchev–Trinajstić information content (AvgIpc) is 3.22. The first-order valence-electron chi connectivity index (χ1n) is 13.4. The van der Waals surface area contributed by atoms with Crippen LogP contribution in [0, 0.1) is 17.7 Å². The Labute approximate surface area is 216 Å². The van der Waals surface area contributed by atoms with Gasteiger partial charge >= 0.3 is 6.09 Å². The van der Waals surface area contributed by atoms with Crippen LogP contribution in [0.4, 0.5) is 9.18 Å². The van der Waals surface area contributed by atoms with Gasteiger partial charge in [0, 0.05) is 44.2 Å². The molecule has 4 atom stereocenters. The molecule has 1 unspecified atom stereocenters. The van der Waals surface area contributed by atoms with Crippen molar-refractivity contribution in [1.29, 1.82) is 0 Å². The van der Waals surface area contributed by atoms with Crippen molar-refractivity contribution in [2.75, 3.05) is 32.7 Å². The van der Waals surface area contributed by atoms with Crippen molar-refractivity contribution in [2.24, 2.45) is 11.8 Å². The molecule has 0 bridgehead atoms. The van der Waals surface area contributed by atoms with Crippen LogP contribution >= 0.6 is 0 Å². The Hall–Kier alpha value is -2.44. The maximum Gasteiger partial charge on any atom is 0.410 e. The third kappa shape index (κ3) is 7.53. The smallest absolute Gasteiger partial charge is 0.410 e. The van der Waals surface area contributed by atoms with E-state index in [9.17, 15) is 9.18 Å². The molecular formula is C30H42FN3O2. The van der Waals surface area contributed by atoms with Crippen molar-refractivity contribution in [3.63, 3.8) is 0 Å². The van der Waals surface area contributed by atoms with E-state index in [2.05, 4.69) is 41.4 Å². The lowest BCUT2D eigenvalue weighted by atomic mass is 9.90. The van der Waals surface area contributed by atoms with Crippen LogP contribution in [0.1, 0.15) is 57.7 Å². The molecule has 5 nitrogen and oxygen atoms in total. The highest BCUT2D eigenvalue weighted by Crippen LogP contribution is 2.27. The number of hydrogen-bond donors (Lipinski definition) is 1. The van der Waals surface area contributed by atoms with Gasteiger partial charge in [-0.05, 0) is 82.7 Å². The van der Waals surface area contributed by atoms with E-state index in [0.29, 0.717) is 24.9 Å². The zero-order valence-corrected chi connectivity index (χ0v) is 22.3. The number of ether oxygens (including phenoxy) is 1. The van der Waals surface area contributed by atoms with Gasteiger partial charge in [0.15, 0.2) is 0 Å². The topological polar surface area (TPSA) is 44.8 Å². The van der Waals surface area contributed by atoms with E-state index in [1.807, 2.05) is 43.9 Å². The van der Waals surface area contributed by atoms with E-state index in [1.165, 1.54) is 24.0 Å². The molecule has 2 heterocycles. The van der Waals surface area contributed by atoms with Gasteiger partial charge in [-0.1, -0.05) is 42.5 Å². The van der Waals surface area contributed by atoms with E-state index in [4.69, 9.17) is 4.74 Å². The van der Waals surface area contributed by atoms with Crippen LogP contribution in [0.15, 0.2) is 54.6 Å². The number of nitrogens with zero attached hydrogens (tertiary/aromatic N) is 2. The summed E-state index contributed by atoms with van der Waals surface area (Å²) in [5.74, 6) is 0.721. The quantitative estimate of drug-likeness (QED) is 0.538. The molecule has 2 aliphatic heterocycles. The van der Waals surface area contributed by atoms with Gasteiger partial charge in [0.1, 0.15) is 11.4 Å². The van der Waals surface area contributed by atoms with E-state index in [1.54, 1.807) is 12.1 Å². The zero-order valence-electron chi connectivity index (χ0n) is 22.3. The summed E-state index contributed by atoms with van der Waals surface area (Å²) in [6.07, 6.45) is 3.14. The lowest BCUT2D eigenvalue weighted by Gasteiger charge is -2.36. The molecule has 2 fully saturated rings. The maximum absolute atomic E-state index is 13.3. The minimum absolute atomic E-state index is 0.178. The lowest BCUT2D eigenvalue weighted by molar-refractivity contribution is 0.0281. The fraction of sp³-hybridized carbons (Fsp3) is 0.567. The number of rotatable bonds is 7. The highest BCUT2D eigenvalue weighted by Gasteiger charge is 2.39. The number of benzene rings is 2. The van der Waals surface area contributed by atoms with Crippen LogP contribution in [0.3, 0.4) is 0 Å². The summed E-state index contributed by atoms with van der Waals surface area (Å²) in [6.45, 7) is 12.4. The minimum Gasteiger partial charge on any atom is -0.444 e. The summed E-state index contributed by atoms with van der Waals surface area (Å²) in [5.41, 5.74) is 1.95. The van der Waals surface area contributed by atoms with Crippen LogP contribution < -0.4 is 5.32 Å². The molecule has 0 aromatic heterocycles. The highest BCUT2D eigenvalue weighted by atomic mass is 19.1. The molecule has 4 rings (SSSR count). The molecular weight excluding hydrogens is 453 g/mol. The molecule has 0 saturated carbocycles. The molecule has 1 amide bonds. The Balaban J connectivity index is 1.41. The number of carbonyl (C=O) groups excluding carboxylic acids is 1. The van der Waals surface area contributed by atoms with Crippen molar-refractivity contribution in [3.8, 4) is 0 Å². The predicted molar refractivity (Wildman–Crippen MR) is 142 cm³/mol. The lowest BCUT2D eigenvalue weighted by Crippen LogP contribution is -2.45.